The highest BCUT2D eigenvalue weighted by atomic mass is 14.6. The number of rotatable bonds is 5. The summed E-state index contributed by atoms with van der Waals surface area (Å²) in [6.07, 6.45) is 17.1. The van der Waals surface area contributed by atoms with Crippen molar-refractivity contribution in [2.24, 2.45) is 39.9 Å². The second-order valence-electron chi connectivity index (χ2n) is 12.9. The summed E-state index contributed by atoms with van der Waals surface area (Å²) in [6.45, 7) is 19.4. The maximum Gasteiger partial charge on any atom is -0.00802 e. The summed E-state index contributed by atoms with van der Waals surface area (Å²) < 4.78 is 0. The number of hydrogen-bond acceptors (Lipinski definition) is 0. The Morgan fingerprint density at radius 2 is 1.76 bits per heavy atom. The number of fused-ring (bicyclic) bond motifs is 4. The van der Waals surface area contributed by atoms with E-state index in [1.54, 1.807) is 0 Å². The Kier molecular flexibility index (Phi) is 5.66. The average molecular weight is 397 g/mol. The van der Waals surface area contributed by atoms with E-state index in [4.69, 9.17) is 0 Å². The van der Waals surface area contributed by atoms with E-state index in [1.165, 1.54) is 82.6 Å². The summed E-state index contributed by atoms with van der Waals surface area (Å²) in [7, 11) is 0. The lowest BCUT2D eigenvalue weighted by Crippen LogP contribution is -2.48. The first-order chi connectivity index (χ1) is 13.6. The Hall–Kier alpha value is -0.520. The topological polar surface area (TPSA) is 0 Å². The number of hydrogen-bond donors (Lipinski definition) is 0. The standard InChI is InChI=1S/C29H48/c1-20(2)21(3)10-8-11-22-12-14-24-23-13-15-26-27(4,5)17-9-18-29(26,7)25(23)16-19-28(22,24)6/h20,22,24,26H,3,8-19H2,1-2,4-7H3. The second-order valence-corrected chi connectivity index (χ2v) is 12.9. The van der Waals surface area contributed by atoms with Crippen molar-refractivity contribution in [3.8, 4) is 0 Å². The Morgan fingerprint density at radius 1 is 1.00 bits per heavy atom. The SMILES string of the molecule is C=C(CCCC1CCC2C3=C(CCC12C)C1(C)CCCC(C)(C)C1CC3)C(C)C. The van der Waals surface area contributed by atoms with Crippen LogP contribution in [0.25, 0.3) is 0 Å². The molecular weight excluding hydrogens is 348 g/mol. The van der Waals surface area contributed by atoms with Crippen molar-refractivity contribution in [3.05, 3.63) is 23.3 Å². The first kappa shape index (κ1) is 21.7. The van der Waals surface area contributed by atoms with E-state index in [1.807, 2.05) is 11.1 Å². The molecule has 0 radical (unpaired) electrons. The van der Waals surface area contributed by atoms with Gasteiger partial charge in [0.05, 0.1) is 0 Å². The van der Waals surface area contributed by atoms with Gasteiger partial charge in [0, 0.05) is 0 Å². The first-order valence-electron chi connectivity index (χ1n) is 13.0. The molecule has 0 N–H and O–H groups in total. The molecule has 164 valence electrons. The van der Waals surface area contributed by atoms with Crippen LogP contribution < -0.4 is 0 Å². The monoisotopic (exact) mass is 396 g/mol. The maximum absolute atomic E-state index is 4.32. The van der Waals surface area contributed by atoms with E-state index in [0.717, 1.165) is 17.8 Å². The van der Waals surface area contributed by atoms with Gasteiger partial charge >= 0.3 is 0 Å². The van der Waals surface area contributed by atoms with Crippen LogP contribution in [0.3, 0.4) is 0 Å². The molecule has 5 unspecified atom stereocenters. The minimum Gasteiger partial charge on any atom is -0.0996 e. The molecule has 0 heterocycles. The minimum absolute atomic E-state index is 0.518. The molecule has 4 rings (SSSR count). The van der Waals surface area contributed by atoms with Crippen LogP contribution in [0.15, 0.2) is 23.3 Å². The van der Waals surface area contributed by atoms with Crippen molar-refractivity contribution < 1.29 is 0 Å². The molecule has 0 aromatic heterocycles. The quantitative estimate of drug-likeness (QED) is 0.406. The molecule has 0 spiro atoms. The lowest BCUT2D eigenvalue weighted by Gasteiger charge is -2.58. The van der Waals surface area contributed by atoms with E-state index in [0.29, 0.717) is 22.2 Å². The molecule has 0 aromatic carbocycles. The Balaban J connectivity index is 1.52. The molecule has 0 aromatic rings. The molecular formula is C29H48. The van der Waals surface area contributed by atoms with E-state index in [-0.39, 0.29) is 0 Å². The fraction of sp³-hybridized carbons (Fsp3) is 0.862. The van der Waals surface area contributed by atoms with Crippen LogP contribution in [0, 0.1) is 39.9 Å². The van der Waals surface area contributed by atoms with Crippen LogP contribution >= 0.6 is 0 Å². The molecule has 29 heavy (non-hydrogen) atoms. The van der Waals surface area contributed by atoms with Gasteiger partial charge in [0.2, 0.25) is 0 Å². The van der Waals surface area contributed by atoms with Gasteiger partial charge in [-0.05, 0) is 111 Å². The summed E-state index contributed by atoms with van der Waals surface area (Å²) >= 11 is 0. The van der Waals surface area contributed by atoms with Crippen LogP contribution in [-0.4, -0.2) is 0 Å². The zero-order chi connectivity index (χ0) is 21.0. The molecule has 0 bridgehead atoms. The molecule has 2 fully saturated rings. The highest BCUT2D eigenvalue weighted by Crippen LogP contribution is 2.67. The summed E-state index contributed by atoms with van der Waals surface area (Å²) in [5.74, 6) is 3.44. The van der Waals surface area contributed by atoms with Crippen LogP contribution in [-0.2, 0) is 0 Å². The largest absolute Gasteiger partial charge is 0.0996 e. The van der Waals surface area contributed by atoms with E-state index in [9.17, 15) is 0 Å². The van der Waals surface area contributed by atoms with E-state index >= 15 is 0 Å². The van der Waals surface area contributed by atoms with Crippen molar-refractivity contribution in [1.82, 2.24) is 0 Å². The van der Waals surface area contributed by atoms with Crippen LogP contribution in [0.4, 0.5) is 0 Å². The van der Waals surface area contributed by atoms with Crippen LogP contribution in [0.2, 0.25) is 0 Å². The van der Waals surface area contributed by atoms with Crippen LogP contribution in [0.1, 0.15) is 119 Å². The Morgan fingerprint density at radius 3 is 2.48 bits per heavy atom. The van der Waals surface area contributed by atoms with E-state index in [2.05, 4.69) is 48.1 Å². The van der Waals surface area contributed by atoms with Crippen molar-refractivity contribution in [2.75, 3.05) is 0 Å². The highest BCUT2D eigenvalue weighted by molar-refractivity contribution is 5.35. The zero-order valence-electron chi connectivity index (χ0n) is 20.5. The minimum atomic E-state index is 0.518. The maximum atomic E-state index is 4.32. The predicted molar refractivity (Wildman–Crippen MR) is 127 cm³/mol. The van der Waals surface area contributed by atoms with Crippen molar-refractivity contribution in [1.29, 1.82) is 0 Å². The average Bonchev–Trinajstić information content (AvgIpc) is 2.97. The molecule has 0 nitrogen and oxygen atoms in total. The molecule has 5 atom stereocenters. The summed E-state index contributed by atoms with van der Waals surface area (Å²) in [4.78, 5) is 0. The predicted octanol–water partition coefficient (Wildman–Crippen LogP) is 9.12. The van der Waals surface area contributed by atoms with Gasteiger partial charge in [0.15, 0.2) is 0 Å². The van der Waals surface area contributed by atoms with Gasteiger partial charge < -0.3 is 0 Å². The van der Waals surface area contributed by atoms with Gasteiger partial charge in [-0.3, -0.25) is 0 Å². The summed E-state index contributed by atoms with van der Waals surface area (Å²) in [5, 5.41) is 0. The van der Waals surface area contributed by atoms with Gasteiger partial charge in [0.25, 0.3) is 0 Å². The fourth-order valence-corrected chi connectivity index (χ4v) is 8.84. The summed E-state index contributed by atoms with van der Waals surface area (Å²) in [6, 6.07) is 0. The van der Waals surface area contributed by atoms with Gasteiger partial charge in [-0.1, -0.05) is 71.3 Å². The third-order valence-electron chi connectivity index (χ3n) is 10.7. The molecule has 0 amide bonds. The highest BCUT2D eigenvalue weighted by Gasteiger charge is 2.56. The molecule has 4 aliphatic carbocycles. The third kappa shape index (κ3) is 3.49. The second kappa shape index (κ2) is 7.56. The Labute approximate surface area is 182 Å². The van der Waals surface area contributed by atoms with Gasteiger partial charge in [-0.25, -0.2) is 0 Å². The molecule has 0 saturated heterocycles. The van der Waals surface area contributed by atoms with Crippen molar-refractivity contribution >= 4 is 0 Å². The molecule has 0 heteroatoms. The van der Waals surface area contributed by atoms with Crippen LogP contribution in [0.5, 0.6) is 0 Å². The lowest BCUT2D eigenvalue weighted by atomic mass is 9.46. The fourth-order valence-electron chi connectivity index (χ4n) is 8.84. The van der Waals surface area contributed by atoms with Gasteiger partial charge in [-0.15, -0.1) is 0 Å². The smallest absolute Gasteiger partial charge is 0.00802 e. The Bertz CT molecular complexity index is 676. The van der Waals surface area contributed by atoms with Gasteiger partial charge in [0.1, 0.15) is 0 Å². The van der Waals surface area contributed by atoms with Crippen molar-refractivity contribution in [2.45, 2.75) is 119 Å². The summed E-state index contributed by atoms with van der Waals surface area (Å²) in [5.41, 5.74) is 7.06. The number of allylic oxidation sites excluding steroid dienone is 3. The first-order valence-corrected chi connectivity index (χ1v) is 13.0. The molecule has 2 saturated carbocycles. The molecule has 4 aliphatic rings. The zero-order valence-corrected chi connectivity index (χ0v) is 20.5. The van der Waals surface area contributed by atoms with Crippen molar-refractivity contribution in [3.63, 3.8) is 0 Å². The third-order valence-corrected chi connectivity index (χ3v) is 10.7. The van der Waals surface area contributed by atoms with Gasteiger partial charge in [-0.2, -0.15) is 0 Å². The lowest BCUT2D eigenvalue weighted by molar-refractivity contribution is -0.00199. The van der Waals surface area contributed by atoms with E-state index < -0.39 is 0 Å². The molecule has 0 aliphatic heterocycles. The normalized spacial score (nSPS) is 41.1.